The monoisotopic (exact) mass is 349 g/mol. The highest BCUT2D eigenvalue weighted by Gasteiger charge is 2.29. The molecule has 0 saturated carbocycles. The Bertz CT molecular complexity index is 690. The average molecular weight is 350 g/mol. The first kappa shape index (κ1) is 16.9. The Morgan fingerprint density at radius 1 is 1.36 bits per heavy atom. The molecule has 7 nitrogen and oxygen atoms in total. The summed E-state index contributed by atoms with van der Waals surface area (Å²) in [5.41, 5.74) is 0. The lowest BCUT2D eigenvalue weighted by Gasteiger charge is -2.23. The van der Waals surface area contributed by atoms with E-state index in [1.165, 1.54) is 26.1 Å². The molecule has 1 atom stereocenters. The number of hydrogen-bond acceptors (Lipinski definition) is 5. The molecule has 2 rings (SSSR count). The van der Waals surface area contributed by atoms with E-state index in [-0.39, 0.29) is 16.5 Å². The predicted octanol–water partition coefficient (Wildman–Crippen LogP) is 1.45. The van der Waals surface area contributed by atoms with Crippen molar-refractivity contribution in [3.8, 4) is 11.5 Å². The number of halogens is 1. The maximum atomic E-state index is 12.5. The molecule has 0 spiro atoms. The molecule has 0 aromatic heterocycles. The van der Waals surface area contributed by atoms with Gasteiger partial charge in [0.25, 0.3) is 0 Å². The zero-order chi connectivity index (χ0) is 16.5. The van der Waals surface area contributed by atoms with Gasteiger partial charge in [-0.2, -0.15) is 0 Å². The molecular formula is C13H16ClNO6S. The Balaban J connectivity index is 2.35. The topological polar surface area (TPSA) is 93.1 Å². The molecule has 1 aliphatic heterocycles. The Hall–Kier alpha value is -1.51. The number of rotatable bonds is 5. The summed E-state index contributed by atoms with van der Waals surface area (Å²) in [6, 6.07) is 2.69. The fraction of sp³-hybridized carbons (Fsp3) is 0.462. The molecule has 22 heavy (non-hydrogen) atoms. The number of nitrogens with zero attached hydrogens (tertiary/aromatic N) is 1. The lowest BCUT2D eigenvalue weighted by molar-refractivity contribution is -0.141. The number of aliphatic carboxylic acids is 1. The molecule has 1 aromatic carbocycles. The molecule has 0 bridgehead atoms. The number of fused-ring (bicyclic) bond motifs is 1. The van der Waals surface area contributed by atoms with Gasteiger partial charge in [0.15, 0.2) is 11.5 Å². The van der Waals surface area contributed by atoms with Crippen molar-refractivity contribution >= 4 is 27.6 Å². The van der Waals surface area contributed by atoms with E-state index in [1.54, 1.807) is 0 Å². The molecule has 0 amide bonds. The predicted molar refractivity (Wildman–Crippen MR) is 79.1 cm³/mol. The summed E-state index contributed by atoms with van der Waals surface area (Å²) in [6.07, 6.45) is 0. The van der Waals surface area contributed by atoms with E-state index in [1.807, 2.05) is 0 Å². The summed E-state index contributed by atoms with van der Waals surface area (Å²) >= 11 is 6.03. The maximum absolute atomic E-state index is 12.5. The SMILES string of the molecule is CC(CN(C)S(=O)(=O)c1cc2c(cc1Cl)OCCO2)C(=O)O. The van der Waals surface area contributed by atoms with Crippen molar-refractivity contribution in [2.24, 2.45) is 5.92 Å². The van der Waals surface area contributed by atoms with E-state index in [4.69, 9.17) is 26.2 Å². The van der Waals surface area contributed by atoms with Gasteiger partial charge in [-0.25, -0.2) is 12.7 Å². The lowest BCUT2D eigenvalue weighted by Crippen LogP contribution is -2.34. The zero-order valence-corrected chi connectivity index (χ0v) is 13.6. The minimum absolute atomic E-state index is 0.000854. The van der Waals surface area contributed by atoms with Crippen molar-refractivity contribution in [2.75, 3.05) is 26.8 Å². The number of carboxylic acids is 1. The van der Waals surface area contributed by atoms with Crippen LogP contribution in [0.2, 0.25) is 5.02 Å². The summed E-state index contributed by atoms with van der Waals surface area (Å²) in [4.78, 5) is 10.7. The van der Waals surface area contributed by atoms with Gasteiger partial charge in [0, 0.05) is 25.7 Å². The normalized spacial score (nSPS) is 15.6. The van der Waals surface area contributed by atoms with E-state index in [0.29, 0.717) is 24.7 Å². The van der Waals surface area contributed by atoms with Crippen LogP contribution in [0.15, 0.2) is 17.0 Å². The highest BCUT2D eigenvalue weighted by molar-refractivity contribution is 7.89. The van der Waals surface area contributed by atoms with Gasteiger partial charge in [0.05, 0.1) is 10.9 Å². The molecule has 9 heteroatoms. The molecule has 1 unspecified atom stereocenters. The second-order valence-electron chi connectivity index (χ2n) is 4.95. The average Bonchev–Trinajstić information content (AvgIpc) is 2.45. The van der Waals surface area contributed by atoms with Crippen molar-refractivity contribution in [3.05, 3.63) is 17.2 Å². The second-order valence-corrected chi connectivity index (χ2v) is 7.37. The summed E-state index contributed by atoms with van der Waals surface area (Å²) in [6.45, 7) is 1.95. The van der Waals surface area contributed by atoms with E-state index in [9.17, 15) is 13.2 Å². The van der Waals surface area contributed by atoms with Gasteiger partial charge >= 0.3 is 5.97 Å². The summed E-state index contributed by atoms with van der Waals surface area (Å²) in [5.74, 6) is -1.23. The van der Waals surface area contributed by atoms with Crippen molar-refractivity contribution in [2.45, 2.75) is 11.8 Å². The lowest BCUT2D eigenvalue weighted by atomic mass is 10.2. The molecule has 0 saturated heterocycles. The Morgan fingerprint density at radius 3 is 2.45 bits per heavy atom. The number of carboxylic acid groups (broad SMARTS) is 1. The quantitative estimate of drug-likeness (QED) is 0.864. The van der Waals surface area contributed by atoms with Crippen molar-refractivity contribution in [1.82, 2.24) is 4.31 Å². The van der Waals surface area contributed by atoms with Gasteiger partial charge in [-0.15, -0.1) is 0 Å². The van der Waals surface area contributed by atoms with Gasteiger partial charge < -0.3 is 14.6 Å². The molecular weight excluding hydrogens is 334 g/mol. The highest BCUT2D eigenvalue weighted by Crippen LogP contribution is 2.38. The number of sulfonamides is 1. The van der Waals surface area contributed by atoms with E-state index in [0.717, 1.165) is 4.31 Å². The van der Waals surface area contributed by atoms with Crippen molar-refractivity contribution < 1.29 is 27.8 Å². The third-order valence-corrected chi connectivity index (χ3v) is 5.53. The minimum atomic E-state index is -3.93. The van der Waals surface area contributed by atoms with Gasteiger partial charge in [-0.05, 0) is 0 Å². The highest BCUT2D eigenvalue weighted by atomic mass is 35.5. The molecule has 0 fully saturated rings. The maximum Gasteiger partial charge on any atom is 0.307 e. The number of ether oxygens (including phenoxy) is 2. The van der Waals surface area contributed by atoms with Crippen LogP contribution in [0, 0.1) is 5.92 Å². The molecule has 0 aliphatic carbocycles. The van der Waals surface area contributed by atoms with Crippen molar-refractivity contribution in [1.29, 1.82) is 0 Å². The van der Waals surface area contributed by atoms with E-state index >= 15 is 0 Å². The third-order valence-electron chi connectivity index (χ3n) is 3.24. The first-order valence-corrected chi connectivity index (χ1v) is 8.33. The first-order chi connectivity index (χ1) is 10.2. The summed E-state index contributed by atoms with van der Waals surface area (Å²) < 4.78 is 36.7. The molecule has 1 N–H and O–H groups in total. The Labute approximate surface area is 133 Å². The van der Waals surface area contributed by atoms with Gasteiger partial charge in [0.1, 0.15) is 18.1 Å². The molecule has 1 aliphatic rings. The number of carbonyl (C=O) groups is 1. The van der Waals surface area contributed by atoms with E-state index in [2.05, 4.69) is 0 Å². The minimum Gasteiger partial charge on any atom is -0.486 e. The van der Waals surface area contributed by atoms with Crippen LogP contribution in [0.1, 0.15) is 6.92 Å². The van der Waals surface area contributed by atoms with Crippen LogP contribution < -0.4 is 9.47 Å². The number of hydrogen-bond donors (Lipinski definition) is 1. The standard InChI is InChI=1S/C13H16ClNO6S/c1-8(13(16)17)7-15(2)22(18,19)12-6-11-10(5-9(12)14)20-3-4-21-11/h5-6,8H,3-4,7H2,1-2H3,(H,16,17). The first-order valence-electron chi connectivity index (χ1n) is 6.51. The van der Waals surface area contributed by atoms with Gasteiger partial charge in [0.2, 0.25) is 10.0 Å². The zero-order valence-electron chi connectivity index (χ0n) is 12.1. The van der Waals surface area contributed by atoms with Crippen LogP contribution in [-0.4, -0.2) is 50.6 Å². The molecule has 1 heterocycles. The fourth-order valence-corrected chi connectivity index (χ4v) is 3.74. The van der Waals surface area contributed by atoms with Crippen LogP contribution in [0.5, 0.6) is 11.5 Å². The van der Waals surface area contributed by atoms with Gasteiger partial charge in [-0.3, -0.25) is 4.79 Å². The Morgan fingerprint density at radius 2 is 1.91 bits per heavy atom. The third kappa shape index (κ3) is 3.29. The summed E-state index contributed by atoms with van der Waals surface area (Å²) in [7, 11) is -2.62. The molecule has 122 valence electrons. The molecule has 1 aromatic rings. The smallest absolute Gasteiger partial charge is 0.307 e. The van der Waals surface area contributed by atoms with Crippen LogP contribution in [0.3, 0.4) is 0 Å². The largest absolute Gasteiger partial charge is 0.486 e. The van der Waals surface area contributed by atoms with E-state index < -0.39 is 21.9 Å². The molecule has 0 radical (unpaired) electrons. The second kappa shape index (κ2) is 6.31. The van der Waals surface area contributed by atoms with Crippen LogP contribution >= 0.6 is 11.6 Å². The van der Waals surface area contributed by atoms with Crippen LogP contribution in [-0.2, 0) is 14.8 Å². The van der Waals surface area contributed by atoms with Crippen molar-refractivity contribution in [3.63, 3.8) is 0 Å². The Kier molecular flexibility index (Phi) is 4.84. The van der Waals surface area contributed by atoms with Crippen LogP contribution in [0.4, 0.5) is 0 Å². The van der Waals surface area contributed by atoms with Gasteiger partial charge in [-0.1, -0.05) is 18.5 Å². The van der Waals surface area contributed by atoms with Crippen LogP contribution in [0.25, 0.3) is 0 Å². The summed E-state index contributed by atoms with van der Waals surface area (Å²) in [5, 5.41) is 8.89. The fourth-order valence-electron chi connectivity index (χ4n) is 1.97. The number of benzene rings is 1.